The van der Waals surface area contributed by atoms with Crippen molar-refractivity contribution < 1.29 is 4.79 Å². The second-order valence-corrected chi connectivity index (χ2v) is 5.44. The molecule has 0 aromatic heterocycles. The Balaban J connectivity index is 2.14. The predicted octanol–water partition coefficient (Wildman–Crippen LogP) is 4.44. The molecule has 0 aliphatic heterocycles. The molecule has 5 heteroatoms. The van der Waals surface area contributed by atoms with Crippen molar-refractivity contribution in [3.63, 3.8) is 0 Å². The highest BCUT2D eigenvalue weighted by Crippen LogP contribution is 2.20. The van der Waals surface area contributed by atoms with Gasteiger partial charge in [0.2, 0.25) is 5.91 Å². The van der Waals surface area contributed by atoms with Gasteiger partial charge in [0.15, 0.2) is 0 Å². The second-order valence-electron chi connectivity index (χ2n) is 5.03. The number of hydrazone groups is 1. The van der Waals surface area contributed by atoms with E-state index in [4.69, 9.17) is 11.6 Å². The van der Waals surface area contributed by atoms with Crippen molar-refractivity contribution in [2.45, 2.75) is 20.8 Å². The lowest BCUT2D eigenvalue weighted by atomic mass is 10.1. The van der Waals surface area contributed by atoms with E-state index in [1.165, 1.54) is 6.92 Å². The monoisotopic (exact) mass is 315 g/mol. The van der Waals surface area contributed by atoms with Crippen LogP contribution in [0.2, 0.25) is 5.02 Å². The summed E-state index contributed by atoms with van der Waals surface area (Å²) in [7, 11) is 0. The zero-order valence-electron chi connectivity index (χ0n) is 12.8. The molecule has 114 valence electrons. The molecule has 2 aromatic carbocycles. The number of nitrogens with one attached hydrogen (secondary N) is 2. The van der Waals surface area contributed by atoms with Crippen molar-refractivity contribution in [2.75, 3.05) is 10.7 Å². The van der Waals surface area contributed by atoms with Crippen LogP contribution in [0.15, 0.2) is 47.6 Å². The summed E-state index contributed by atoms with van der Waals surface area (Å²) in [5.74, 6) is -0.0980. The van der Waals surface area contributed by atoms with Crippen molar-refractivity contribution in [2.24, 2.45) is 5.10 Å². The van der Waals surface area contributed by atoms with E-state index in [0.29, 0.717) is 5.02 Å². The molecule has 0 heterocycles. The molecule has 2 N–H and O–H groups in total. The van der Waals surface area contributed by atoms with Crippen LogP contribution in [0.1, 0.15) is 25.0 Å². The number of hydrogen-bond acceptors (Lipinski definition) is 3. The number of carbonyl (C=O) groups is 1. The molecule has 0 bridgehead atoms. The molecular weight excluding hydrogens is 298 g/mol. The Hall–Kier alpha value is -2.33. The molecule has 0 atom stereocenters. The third kappa shape index (κ3) is 4.33. The maximum Gasteiger partial charge on any atom is 0.221 e. The molecule has 4 nitrogen and oxygen atoms in total. The maximum absolute atomic E-state index is 11.1. The molecule has 2 aromatic rings. The van der Waals surface area contributed by atoms with Gasteiger partial charge in [-0.05, 0) is 49.2 Å². The van der Waals surface area contributed by atoms with E-state index in [1.807, 2.05) is 56.3 Å². The number of rotatable bonds is 4. The predicted molar refractivity (Wildman–Crippen MR) is 92.8 cm³/mol. The van der Waals surface area contributed by atoms with E-state index in [9.17, 15) is 4.79 Å². The van der Waals surface area contributed by atoms with Gasteiger partial charge in [0.1, 0.15) is 0 Å². The Labute approximate surface area is 135 Å². The number of nitrogens with zero attached hydrogens (tertiary/aromatic N) is 1. The minimum absolute atomic E-state index is 0.0980. The zero-order valence-corrected chi connectivity index (χ0v) is 13.5. The van der Waals surface area contributed by atoms with Gasteiger partial charge in [-0.15, -0.1) is 0 Å². The van der Waals surface area contributed by atoms with Gasteiger partial charge in [-0.1, -0.05) is 29.8 Å². The Morgan fingerprint density at radius 3 is 2.55 bits per heavy atom. The fraction of sp³-hybridized carbons (Fsp3) is 0.176. The Morgan fingerprint density at radius 2 is 1.86 bits per heavy atom. The van der Waals surface area contributed by atoms with Crippen LogP contribution >= 0.6 is 11.6 Å². The van der Waals surface area contributed by atoms with Crippen molar-refractivity contribution in [3.05, 3.63) is 58.6 Å². The molecule has 0 fully saturated rings. The third-order valence-corrected chi connectivity index (χ3v) is 3.53. The average molecular weight is 316 g/mol. The van der Waals surface area contributed by atoms with Gasteiger partial charge >= 0.3 is 0 Å². The fourth-order valence-electron chi connectivity index (χ4n) is 1.90. The first kappa shape index (κ1) is 16.0. The number of amides is 1. The van der Waals surface area contributed by atoms with E-state index in [2.05, 4.69) is 15.8 Å². The summed E-state index contributed by atoms with van der Waals surface area (Å²) in [5, 5.41) is 7.81. The number of hydrogen-bond donors (Lipinski definition) is 2. The number of benzene rings is 2. The molecular formula is C17H18ClN3O. The molecule has 2 rings (SSSR count). The summed E-state index contributed by atoms with van der Waals surface area (Å²) in [6, 6.07) is 13.2. The van der Waals surface area contributed by atoms with Crippen molar-refractivity contribution in [3.8, 4) is 0 Å². The Morgan fingerprint density at radius 1 is 1.09 bits per heavy atom. The molecule has 0 aliphatic rings. The third-order valence-electron chi connectivity index (χ3n) is 3.13. The Bertz CT molecular complexity index is 726. The topological polar surface area (TPSA) is 53.5 Å². The van der Waals surface area contributed by atoms with Crippen LogP contribution in [0.5, 0.6) is 0 Å². The van der Waals surface area contributed by atoms with Crippen molar-refractivity contribution in [1.82, 2.24) is 0 Å². The van der Waals surface area contributed by atoms with Crippen molar-refractivity contribution >= 4 is 34.6 Å². The van der Waals surface area contributed by atoms with Gasteiger partial charge in [0, 0.05) is 17.6 Å². The summed E-state index contributed by atoms with van der Waals surface area (Å²) in [6.07, 6.45) is 0. The smallest absolute Gasteiger partial charge is 0.221 e. The standard InChI is InChI=1S/C17H18ClN3O/c1-11-7-8-16(10-17(11)18)21-20-12(2)14-5-4-6-15(9-14)19-13(3)22/h4-10,21H,1-3H3,(H,19,22)/b20-12+. The number of carbonyl (C=O) groups excluding carboxylic acids is 1. The zero-order chi connectivity index (χ0) is 16.1. The molecule has 0 saturated heterocycles. The fourth-order valence-corrected chi connectivity index (χ4v) is 2.08. The highest BCUT2D eigenvalue weighted by Gasteiger charge is 2.02. The van der Waals surface area contributed by atoms with Crippen LogP contribution in [0, 0.1) is 6.92 Å². The quantitative estimate of drug-likeness (QED) is 0.647. The van der Waals surface area contributed by atoms with E-state index < -0.39 is 0 Å². The van der Waals surface area contributed by atoms with Crippen LogP contribution in [0.4, 0.5) is 11.4 Å². The lowest BCUT2D eigenvalue weighted by Gasteiger charge is -2.07. The van der Waals surface area contributed by atoms with E-state index >= 15 is 0 Å². The summed E-state index contributed by atoms with van der Waals surface area (Å²) in [5.41, 5.74) is 7.32. The molecule has 22 heavy (non-hydrogen) atoms. The van der Waals surface area contributed by atoms with Gasteiger partial charge < -0.3 is 5.32 Å². The van der Waals surface area contributed by atoms with Gasteiger partial charge in [-0.3, -0.25) is 10.2 Å². The number of halogens is 1. The first-order valence-corrected chi connectivity index (χ1v) is 7.28. The minimum atomic E-state index is -0.0980. The van der Waals surface area contributed by atoms with Crippen molar-refractivity contribution in [1.29, 1.82) is 0 Å². The molecule has 0 spiro atoms. The lowest BCUT2D eigenvalue weighted by molar-refractivity contribution is -0.114. The number of anilines is 2. The average Bonchev–Trinajstić information content (AvgIpc) is 2.48. The SMILES string of the molecule is CC(=O)Nc1cccc(/C(C)=N/Nc2ccc(C)c(Cl)c2)c1. The largest absolute Gasteiger partial charge is 0.326 e. The van der Waals surface area contributed by atoms with Crippen LogP contribution < -0.4 is 10.7 Å². The van der Waals surface area contributed by atoms with Gasteiger partial charge in [-0.2, -0.15) is 5.10 Å². The highest BCUT2D eigenvalue weighted by atomic mass is 35.5. The normalized spacial score (nSPS) is 11.2. The van der Waals surface area contributed by atoms with E-state index in [-0.39, 0.29) is 5.91 Å². The van der Waals surface area contributed by atoms with E-state index in [1.54, 1.807) is 0 Å². The first-order valence-electron chi connectivity index (χ1n) is 6.90. The molecule has 0 saturated carbocycles. The molecule has 1 amide bonds. The minimum Gasteiger partial charge on any atom is -0.326 e. The lowest BCUT2D eigenvalue weighted by Crippen LogP contribution is -2.07. The second kappa shape index (κ2) is 7.09. The molecule has 0 unspecified atom stereocenters. The van der Waals surface area contributed by atoms with Crippen LogP contribution in [0.25, 0.3) is 0 Å². The highest BCUT2D eigenvalue weighted by molar-refractivity contribution is 6.31. The van der Waals surface area contributed by atoms with Crippen LogP contribution in [-0.4, -0.2) is 11.6 Å². The Kier molecular flexibility index (Phi) is 5.17. The van der Waals surface area contributed by atoms with Gasteiger partial charge in [0.25, 0.3) is 0 Å². The molecule has 0 aliphatic carbocycles. The first-order chi connectivity index (χ1) is 10.5. The maximum atomic E-state index is 11.1. The summed E-state index contributed by atoms with van der Waals surface area (Å²) < 4.78 is 0. The summed E-state index contributed by atoms with van der Waals surface area (Å²) in [6.45, 7) is 5.33. The van der Waals surface area contributed by atoms with Crippen LogP contribution in [0.3, 0.4) is 0 Å². The number of aryl methyl sites for hydroxylation is 1. The van der Waals surface area contributed by atoms with Gasteiger partial charge in [0.05, 0.1) is 11.4 Å². The summed E-state index contributed by atoms with van der Waals surface area (Å²) >= 11 is 6.09. The summed E-state index contributed by atoms with van der Waals surface area (Å²) in [4.78, 5) is 11.1. The van der Waals surface area contributed by atoms with E-state index in [0.717, 1.165) is 28.2 Å². The van der Waals surface area contributed by atoms with Gasteiger partial charge in [-0.25, -0.2) is 0 Å². The van der Waals surface area contributed by atoms with Crippen LogP contribution in [-0.2, 0) is 4.79 Å². The molecule has 0 radical (unpaired) electrons.